The SMILES string of the molecule is COc1cc(OC)cc(OCC(=O)N(Cc2cccc(Cl)c2)[C@H](C)C(=O)NC2CCCC2)c1. The first-order chi connectivity index (χ1) is 15.9. The zero-order chi connectivity index (χ0) is 23.8. The first-order valence-corrected chi connectivity index (χ1v) is 11.5. The molecule has 2 aromatic rings. The Kier molecular flexibility index (Phi) is 8.83. The summed E-state index contributed by atoms with van der Waals surface area (Å²) in [7, 11) is 3.09. The molecule has 8 heteroatoms. The lowest BCUT2D eigenvalue weighted by molar-refractivity contribution is -0.142. The third kappa shape index (κ3) is 7.02. The van der Waals surface area contributed by atoms with E-state index in [-0.39, 0.29) is 31.0 Å². The predicted molar refractivity (Wildman–Crippen MR) is 127 cm³/mol. The van der Waals surface area contributed by atoms with Crippen molar-refractivity contribution in [3.63, 3.8) is 0 Å². The molecule has 0 radical (unpaired) electrons. The van der Waals surface area contributed by atoms with E-state index in [0.29, 0.717) is 22.3 Å². The number of carbonyl (C=O) groups excluding carboxylic acids is 2. The summed E-state index contributed by atoms with van der Waals surface area (Å²) in [4.78, 5) is 27.7. The van der Waals surface area contributed by atoms with Crippen LogP contribution in [-0.2, 0) is 16.1 Å². The molecule has 1 atom stereocenters. The maximum atomic E-state index is 13.2. The molecule has 0 spiro atoms. The number of halogens is 1. The highest BCUT2D eigenvalue weighted by atomic mass is 35.5. The Labute approximate surface area is 200 Å². The third-order valence-corrected chi connectivity index (χ3v) is 6.03. The Morgan fingerprint density at radius 1 is 1.06 bits per heavy atom. The Hall–Kier alpha value is -2.93. The number of carbonyl (C=O) groups is 2. The number of hydrogen-bond donors (Lipinski definition) is 1. The average molecular weight is 475 g/mol. The predicted octanol–water partition coefficient (Wildman–Crippen LogP) is 4.21. The lowest BCUT2D eigenvalue weighted by atomic mass is 10.1. The summed E-state index contributed by atoms with van der Waals surface area (Å²) >= 11 is 6.13. The molecule has 1 fully saturated rings. The van der Waals surface area contributed by atoms with Crippen LogP contribution in [0.15, 0.2) is 42.5 Å². The molecule has 33 heavy (non-hydrogen) atoms. The van der Waals surface area contributed by atoms with Gasteiger partial charge in [0.2, 0.25) is 5.91 Å². The largest absolute Gasteiger partial charge is 0.496 e. The monoisotopic (exact) mass is 474 g/mol. The summed E-state index contributed by atoms with van der Waals surface area (Å²) in [5.41, 5.74) is 0.833. The zero-order valence-corrected chi connectivity index (χ0v) is 20.1. The number of amides is 2. The summed E-state index contributed by atoms with van der Waals surface area (Å²) in [5, 5.41) is 3.65. The molecule has 1 aliphatic carbocycles. The number of methoxy groups -OCH3 is 2. The van der Waals surface area contributed by atoms with Crippen molar-refractivity contribution in [2.24, 2.45) is 0 Å². The average Bonchev–Trinajstić information content (AvgIpc) is 3.33. The minimum absolute atomic E-state index is 0.166. The van der Waals surface area contributed by atoms with Gasteiger partial charge in [-0.05, 0) is 37.5 Å². The van der Waals surface area contributed by atoms with Crippen LogP contribution in [0.3, 0.4) is 0 Å². The number of rotatable bonds is 10. The van der Waals surface area contributed by atoms with Crippen molar-refractivity contribution in [2.45, 2.75) is 51.2 Å². The molecular weight excluding hydrogens is 444 g/mol. The minimum Gasteiger partial charge on any atom is -0.496 e. The van der Waals surface area contributed by atoms with Crippen LogP contribution in [0.1, 0.15) is 38.2 Å². The lowest BCUT2D eigenvalue weighted by Crippen LogP contribution is -2.50. The van der Waals surface area contributed by atoms with E-state index >= 15 is 0 Å². The molecule has 0 aromatic heterocycles. The van der Waals surface area contributed by atoms with Gasteiger partial charge in [-0.3, -0.25) is 9.59 Å². The molecule has 7 nitrogen and oxygen atoms in total. The smallest absolute Gasteiger partial charge is 0.261 e. The van der Waals surface area contributed by atoms with Gasteiger partial charge >= 0.3 is 0 Å². The van der Waals surface area contributed by atoms with Gasteiger partial charge in [0.15, 0.2) is 6.61 Å². The third-order valence-electron chi connectivity index (χ3n) is 5.80. The van der Waals surface area contributed by atoms with Gasteiger partial charge in [0.25, 0.3) is 5.91 Å². The fraction of sp³-hybridized carbons (Fsp3) is 0.440. The van der Waals surface area contributed by atoms with E-state index in [9.17, 15) is 9.59 Å². The second-order valence-electron chi connectivity index (χ2n) is 8.15. The maximum Gasteiger partial charge on any atom is 0.261 e. The fourth-order valence-corrected chi connectivity index (χ4v) is 4.11. The molecule has 3 rings (SSSR count). The number of ether oxygens (including phenoxy) is 3. The highest BCUT2D eigenvalue weighted by Crippen LogP contribution is 2.27. The van der Waals surface area contributed by atoms with Crippen LogP contribution in [0.5, 0.6) is 17.2 Å². The van der Waals surface area contributed by atoms with E-state index < -0.39 is 6.04 Å². The van der Waals surface area contributed by atoms with E-state index in [1.807, 2.05) is 12.1 Å². The van der Waals surface area contributed by atoms with Crippen molar-refractivity contribution < 1.29 is 23.8 Å². The second kappa shape index (κ2) is 11.8. The molecule has 1 aliphatic rings. The molecule has 1 N–H and O–H groups in total. The summed E-state index contributed by atoms with van der Waals surface area (Å²) in [6.07, 6.45) is 4.17. The van der Waals surface area contributed by atoms with Gasteiger partial charge in [0.1, 0.15) is 23.3 Å². The summed E-state index contributed by atoms with van der Waals surface area (Å²) in [6.45, 7) is 1.74. The maximum absolute atomic E-state index is 13.2. The lowest BCUT2D eigenvalue weighted by Gasteiger charge is -2.29. The van der Waals surface area contributed by atoms with Crippen LogP contribution < -0.4 is 19.5 Å². The van der Waals surface area contributed by atoms with Crippen molar-refractivity contribution in [2.75, 3.05) is 20.8 Å². The first kappa shape index (κ1) is 24.7. The highest BCUT2D eigenvalue weighted by Gasteiger charge is 2.28. The number of hydrogen-bond acceptors (Lipinski definition) is 5. The normalized spacial score (nSPS) is 14.4. The van der Waals surface area contributed by atoms with E-state index in [1.54, 1.807) is 51.5 Å². The van der Waals surface area contributed by atoms with Crippen LogP contribution in [0.25, 0.3) is 0 Å². The van der Waals surface area contributed by atoms with Gasteiger partial charge in [-0.2, -0.15) is 0 Å². The molecule has 1 saturated carbocycles. The van der Waals surface area contributed by atoms with Crippen LogP contribution >= 0.6 is 11.6 Å². The highest BCUT2D eigenvalue weighted by molar-refractivity contribution is 6.30. The van der Waals surface area contributed by atoms with Gasteiger partial charge in [0.05, 0.1) is 14.2 Å². The van der Waals surface area contributed by atoms with Crippen LogP contribution in [-0.4, -0.2) is 49.6 Å². The fourth-order valence-electron chi connectivity index (χ4n) is 3.90. The van der Waals surface area contributed by atoms with Gasteiger partial charge in [0, 0.05) is 35.8 Å². The molecule has 2 aromatic carbocycles. The van der Waals surface area contributed by atoms with Crippen molar-refractivity contribution in [3.8, 4) is 17.2 Å². The van der Waals surface area contributed by atoms with Crippen LogP contribution in [0, 0.1) is 0 Å². The molecule has 178 valence electrons. The number of nitrogens with one attached hydrogen (secondary N) is 1. The Balaban J connectivity index is 1.74. The van der Waals surface area contributed by atoms with E-state index in [1.165, 1.54) is 4.90 Å². The topological polar surface area (TPSA) is 77.1 Å². The molecular formula is C25H31ClN2O5. The summed E-state index contributed by atoms with van der Waals surface area (Å²) in [6, 6.07) is 11.8. The Bertz CT molecular complexity index is 939. The molecule has 0 aliphatic heterocycles. The van der Waals surface area contributed by atoms with Gasteiger partial charge in [-0.15, -0.1) is 0 Å². The first-order valence-electron chi connectivity index (χ1n) is 11.1. The van der Waals surface area contributed by atoms with Crippen LogP contribution in [0.4, 0.5) is 0 Å². The zero-order valence-electron chi connectivity index (χ0n) is 19.3. The van der Waals surface area contributed by atoms with Crippen molar-refractivity contribution in [1.29, 1.82) is 0 Å². The van der Waals surface area contributed by atoms with E-state index in [4.69, 9.17) is 25.8 Å². The van der Waals surface area contributed by atoms with E-state index in [2.05, 4.69) is 5.32 Å². The van der Waals surface area contributed by atoms with Crippen molar-refractivity contribution in [1.82, 2.24) is 10.2 Å². The van der Waals surface area contributed by atoms with Crippen LogP contribution in [0.2, 0.25) is 5.02 Å². The molecule has 2 amide bonds. The summed E-state index contributed by atoms with van der Waals surface area (Å²) in [5.74, 6) is 1.06. The Morgan fingerprint density at radius 3 is 2.30 bits per heavy atom. The second-order valence-corrected chi connectivity index (χ2v) is 8.59. The number of benzene rings is 2. The number of nitrogens with zero attached hydrogens (tertiary/aromatic N) is 1. The molecule has 0 unspecified atom stereocenters. The minimum atomic E-state index is -0.666. The van der Waals surface area contributed by atoms with Crippen molar-refractivity contribution in [3.05, 3.63) is 53.1 Å². The van der Waals surface area contributed by atoms with Crippen molar-refractivity contribution >= 4 is 23.4 Å². The molecule has 0 bridgehead atoms. The van der Waals surface area contributed by atoms with Gasteiger partial charge in [-0.1, -0.05) is 36.6 Å². The quantitative estimate of drug-likeness (QED) is 0.558. The standard InChI is InChI=1S/C25H31ClN2O5/c1-17(25(30)27-20-9-4-5-10-20)28(15-18-7-6-8-19(26)11-18)24(29)16-33-23-13-21(31-2)12-22(14-23)32-3/h6-8,11-14,17,20H,4-5,9-10,15-16H2,1-3H3,(H,27,30)/t17-/m1/s1. The Morgan fingerprint density at radius 2 is 1.70 bits per heavy atom. The van der Waals surface area contributed by atoms with Gasteiger partial charge < -0.3 is 24.4 Å². The molecule has 0 saturated heterocycles. The summed E-state index contributed by atoms with van der Waals surface area (Å²) < 4.78 is 16.3. The van der Waals surface area contributed by atoms with E-state index in [0.717, 1.165) is 31.2 Å². The van der Waals surface area contributed by atoms with Gasteiger partial charge in [-0.25, -0.2) is 0 Å². The molecule has 0 heterocycles.